The summed E-state index contributed by atoms with van der Waals surface area (Å²) in [7, 11) is 1.36. The van der Waals surface area contributed by atoms with Gasteiger partial charge in [0.15, 0.2) is 0 Å². The van der Waals surface area contributed by atoms with Gasteiger partial charge in [-0.25, -0.2) is 4.79 Å². The molecule has 0 aromatic heterocycles. The lowest BCUT2D eigenvalue weighted by atomic mass is 9.88. The Morgan fingerprint density at radius 1 is 1.37 bits per heavy atom. The Bertz CT molecular complexity index is 417. The van der Waals surface area contributed by atoms with E-state index in [1.165, 1.54) is 13.5 Å². The molecule has 1 saturated carbocycles. The number of hydrogen-bond donors (Lipinski definition) is 1. The molecule has 4 nitrogen and oxygen atoms in total. The molecule has 0 amide bonds. The second kappa shape index (κ2) is 6.17. The van der Waals surface area contributed by atoms with Gasteiger partial charge in [0.2, 0.25) is 0 Å². The molecule has 1 atom stereocenters. The summed E-state index contributed by atoms with van der Waals surface area (Å²) in [4.78, 5) is 12.0. The van der Waals surface area contributed by atoms with Crippen molar-refractivity contribution in [2.45, 2.75) is 37.3 Å². The van der Waals surface area contributed by atoms with Crippen LogP contribution in [0.2, 0.25) is 0 Å². The molecule has 1 aromatic rings. The average molecular weight is 263 g/mol. The van der Waals surface area contributed by atoms with E-state index in [0.29, 0.717) is 19.1 Å². The third-order valence-electron chi connectivity index (χ3n) is 3.74. The molecule has 1 aromatic carbocycles. The SMILES string of the molecule is COC(=O)C(N)(CCOC1CCC1)c1ccccc1. The summed E-state index contributed by atoms with van der Waals surface area (Å²) < 4.78 is 10.6. The molecular formula is C15H21NO3. The largest absolute Gasteiger partial charge is 0.467 e. The van der Waals surface area contributed by atoms with Crippen molar-refractivity contribution in [3.8, 4) is 0 Å². The molecule has 1 aliphatic carbocycles. The van der Waals surface area contributed by atoms with E-state index in [-0.39, 0.29) is 0 Å². The summed E-state index contributed by atoms with van der Waals surface area (Å²) in [5.41, 5.74) is 5.90. The molecule has 19 heavy (non-hydrogen) atoms. The molecule has 0 heterocycles. The third-order valence-corrected chi connectivity index (χ3v) is 3.74. The Morgan fingerprint density at radius 2 is 2.05 bits per heavy atom. The fourth-order valence-electron chi connectivity index (χ4n) is 2.21. The van der Waals surface area contributed by atoms with Gasteiger partial charge < -0.3 is 15.2 Å². The number of carbonyl (C=O) groups excluding carboxylic acids is 1. The standard InChI is InChI=1S/C15H21NO3/c1-18-14(17)15(16,12-6-3-2-4-7-12)10-11-19-13-8-5-9-13/h2-4,6-7,13H,5,8-11,16H2,1H3. The fraction of sp³-hybridized carbons (Fsp3) is 0.533. The molecular weight excluding hydrogens is 242 g/mol. The number of benzene rings is 1. The average Bonchev–Trinajstić information content (AvgIpc) is 2.41. The third kappa shape index (κ3) is 3.14. The van der Waals surface area contributed by atoms with Crippen molar-refractivity contribution in [2.24, 2.45) is 5.73 Å². The van der Waals surface area contributed by atoms with Crippen molar-refractivity contribution in [1.82, 2.24) is 0 Å². The minimum absolute atomic E-state index is 0.345. The van der Waals surface area contributed by atoms with E-state index in [1.807, 2.05) is 30.3 Å². The van der Waals surface area contributed by atoms with Gasteiger partial charge >= 0.3 is 5.97 Å². The van der Waals surface area contributed by atoms with Crippen LogP contribution in [0.15, 0.2) is 30.3 Å². The van der Waals surface area contributed by atoms with Crippen molar-refractivity contribution < 1.29 is 14.3 Å². The van der Waals surface area contributed by atoms with Gasteiger partial charge in [-0.3, -0.25) is 0 Å². The first-order valence-corrected chi connectivity index (χ1v) is 6.71. The van der Waals surface area contributed by atoms with Gasteiger partial charge in [0.25, 0.3) is 0 Å². The highest BCUT2D eigenvalue weighted by molar-refractivity contribution is 5.82. The van der Waals surface area contributed by atoms with Crippen LogP contribution in [0.5, 0.6) is 0 Å². The lowest BCUT2D eigenvalue weighted by Gasteiger charge is -2.30. The predicted octanol–water partition coefficient (Wildman–Crippen LogP) is 1.97. The monoisotopic (exact) mass is 263 g/mol. The van der Waals surface area contributed by atoms with E-state index in [4.69, 9.17) is 15.2 Å². The molecule has 1 fully saturated rings. The number of rotatable bonds is 6. The molecule has 1 aliphatic rings. The van der Waals surface area contributed by atoms with Gasteiger partial charge in [0.05, 0.1) is 13.2 Å². The maximum Gasteiger partial charge on any atom is 0.330 e. The first kappa shape index (κ1) is 14.0. The maximum absolute atomic E-state index is 12.0. The van der Waals surface area contributed by atoms with Crippen LogP contribution in [-0.4, -0.2) is 25.8 Å². The summed E-state index contributed by atoms with van der Waals surface area (Å²) >= 11 is 0. The maximum atomic E-state index is 12.0. The van der Waals surface area contributed by atoms with Crippen molar-refractivity contribution in [2.75, 3.05) is 13.7 Å². The normalized spacial score (nSPS) is 18.4. The van der Waals surface area contributed by atoms with Crippen molar-refractivity contribution in [1.29, 1.82) is 0 Å². The number of esters is 1. The molecule has 0 bridgehead atoms. The van der Waals surface area contributed by atoms with Crippen molar-refractivity contribution in [3.63, 3.8) is 0 Å². The van der Waals surface area contributed by atoms with Crippen LogP contribution in [-0.2, 0) is 19.8 Å². The van der Waals surface area contributed by atoms with Crippen LogP contribution in [0, 0.1) is 0 Å². The van der Waals surface area contributed by atoms with Crippen molar-refractivity contribution in [3.05, 3.63) is 35.9 Å². The Labute approximate surface area is 113 Å². The van der Waals surface area contributed by atoms with E-state index in [1.54, 1.807) is 0 Å². The van der Waals surface area contributed by atoms with Gasteiger partial charge in [0.1, 0.15) is 5.54 Å². The predicted molar refractivity (Wildman–Crippen MR) is 72.5 cm³/mol. The Kier molecular flexibility index (Phi) is 4.56. The molecule has 0 aliphatic heterocycles. The van der Waals surface area contributed by atoms with Crippen molar-refractivity contribution >= 4 is 5.97 Å². The lowest BCUT2D eigenvalue weighted by Crippen LogP contribution is -2.47. The van der Waals surface area contributed by atoms with Crippen LogP contribution in [0.25, 0.3) is 0 Å². The summed E-state index contributed by atoms with van der Waals surface area (Å²) in [6.07, 6.45) is 4.23. The minimum atomic E-state index is -1.13. The highest BCUT2D eigenvalue weighted by Crippen LogP contribution is 2.26. The Morgan fingerprint density at radius 3 is 2.58 bits per heavy atom. The van der Waals surface area contributed by atoms with Crippen LogP contribution >= 0.6 is 0 Å². The van der Waals surface area contributed by atoms with Gasteiger partial charge in [-0.1, -0.05) is 30.3 Å². The Balaban J connectivity index is 2.03. The molecule has 0 saturated heterocycles. The van der Waals surface area contributed by atoms with Crippen LogP contribution in [0.4, 0.5) is 0 Å². The molecule has 0 radical (unpaired) electrons. The number of methoxy groups -OCH3 is 1. The summed E-state index contributed by atoms with van der Waals surface area (Å²) in [5.74, 6) is -0.420. The highest BCUT2D eigenvalue weighted by atomic mass is 16.5. The van der Waals surface area contributed by atoms with Crippen LogP contribution in [0.3, 0.4) is 0 Å². The van der Waals surface area contributed by atoms with Gasteiger partial charge in [-0.15, -0.1) is 0 Å². The van der Waals surface area contributed by atoms with Gasteiger partial charge in [-0.05, 0) is 24.8 Å². The van der Waals surface area contributed by atoms with E-state index in [0.717, 1.165) is 18.4 Å². The fourth-order valence-corrected chi connectivity index (χ4v) is 2.21. The number of nitrogens with two attached hydrogens (primary N) is 1. The smallest absolute Gasteiger partial charge is 0.330 e. The molecule has 104 valence electrons. The summed E-state index contributed by atoms with van der Waals surface area (Å²) in [6.45, 7) is 0.477. The zero-order chi connectivity index (χ0) is 13.7. The van der Waals surface area contributed by atoms with Gasteiger partial charge in [0, 0.05) is 13.0 Å². The van der Waals surface area contributed by atoms with Crippen LogP contribution in [0.1, 0.15) is 31.2 Å². The number of carbonyl (C=O) groups is 1. The second-order valence-corrected chi connectivity index (χ2v) is 5.00. The zero-order valence-corrected chi connectivity index (χ0v) is 11.3. The van der Waals surface area contributed by atoms with Gasteiger partial charge in [-0.2, -0.15) is 0 Å². The summed E-state index contributed by atoms with van der Waals surface area (Å²) in [5, 5.41) is 0. The summed E-state index contributed by atoms with van der Waals surface area (Å²) in [6, 6.07) is 9.33. The first-order valence-electron chi connectivity index (χ1n) is 6.71. The number of hydrogen-bond acceptors (Lipinski definition) is 4. The number of ether oxygens (including phenoxy) is 2. The highest BCUT2D eigenvalue weighted by Gasteiger charge is 2.37. The van der Waals surface area contributed by atoms with E-state index in [2.05, 4.69) is 0 Å². The van der Waals surface area contributed by atoms with E-state index >= 15 is 0 Å². The molecule has 4 heteroatoms. The first-order chi connectivity index (χ1) is 9.16. The molecule has 2 rings (SSSR count). The molecule has 1 unspecified atom stereocenters. The molecule has 0 spiro atoms. The minimum Gasteiger partial charge on any atom is -0.467 e. The second-order valence-electron chi connectivity index (χ2n) is 5.00. The zero-order valence-electron chi connectivity index (χ0n) is 11.3. The van der Waals surface area contributed by atoms with E-state index < -0.39 is 11.5 Å². The Hall–Kier alpha value is -1.39. The van der Waals surface area contributed by atoms with Crippen LogP contribution < -0.4 is 5.73 Å². The topological polar surface area (TPSA) is 61.5 Å². The van der Waals surface area contributed by atoms with E-state index in [9.17, 15) is 4.79 Å². The molecule has 2 N–H and O–H groups in total. The quantitative estimate of drug-likeness (QED) is 0.797. The lowest BCUT2D eigenvalue weighted by molar-refractivity contribution is -0.148.